The molecule has 0 aliphatic heterocycles. The van der Waals surface area contributed by atoms with Crippen molar-refractivity contribution in [2.75, 3.05) is 23.7 Å². The first-order chi connectivity index (χ1) is 5.71. The summed E-state index contributed by atoms with van der Waals surface area (Å²) in [7, 11) is 0. The molecule has 1 amide bonds. The van der Waals surface area contributed by atoms with Crippen molar-refractivity contribution in [2.24, 2.45) is 5.92 Å². The molecule has 0 bridgehead atoms. The third-order valence-corrected chi connectivity index (χ3v) is 3.36. The highest BCUT2D eigenvalue weighted by atomic mass is 79.9. The molecule has 0 atom stereocenters. The molecule has 0 fully saturated rings. The summed E-state index contributed by atoms with van der Waals surface area (Å²) in [6.45, 7) is 5.60. The molecule has 0 N–H and O–H groups in total. The maximum atomic E-state index is 11.6. The third-order valence-electron chi connectivity index (χ3n) is 1.80. The molecule has 0 aliphatic carbocycles. The molecule has 0 heterocycles. The van der Waals surface area contributed by atoms with E-state index in [-0.39, 0.29) is 11.8 Å². The van der Waals surface area contributed by atoms with E-state index < -0.39 is 0 Å². The molecule has 0 aromatic rings. The van der Waals surface area contributed by atoms with Gasteiger partial charge >= 0.3 is 0 Å². The molecular weight excluding hydrogens is 286 g/mol. The van der Waals surface area contributed by atoms with Gasteiger partial charge in [0.25, 0.3) is 0 Å². The van der Waals surface area contributed by atoms with Crippen LogP contribution in [0.4, 0.5) is 0 Å². The lowest BCUT2D eigenvalue weighted by Crippen LogP contribution is -2.37. The third kappa shape index (κ3) is 3.44. The second-order valence-electron chi connectivity index (χ2n) is 2.52. The predicted octanol–water partition coefficient (Wildman–Crippen LogP) is 2.26. The standard InChI is InChI=1S/C8H15Br2NO/c1-3-11(4-2)8(12)7(5-9)6-10/h7H,3-6H2,1-2H3. The molecular formula is C8H15Br2NO. The zero-order valence-electron chi connectivity index (χ0n) is 7.52. The van der Waals surface area contributed by atoms with E-state index in [2.05, 4.69) is 31.9 Å². The zero-order valence-corrected chi connectivity index (χ0v) is 10.7. The lowest BCUT2D eigenvalue weighted by molar-refractivity contribution is -0.133. The van der Waals surface area contributed by atoms with Crippen molar-refractivity contribution in [2.45, 2.75) is 13.8 Å². The van der Waals surface area contributed by atoms with Crippen LogP contribution in [0.25, 0.3) is 0 Å². The Morgan fingerprint density at radius 3 is 1.92 bits per heavy atom. The normalized spacial score (nSPS) is 10.4. The molecule has 0 aliphatic rings. The topological polar surface area (TPSA) is 20.3 Å². The Morgan fingerprint density at radius 2 is 1.67 bits per heavy atom. The van der Waals surface area contributed by atoms with Crippen molar-refractivity contribution in [3.63, 3.8) is 0 Å². The molecule has 0 rings (SSSR count). The highest BCUT2D eigenvalue weighted by Crippen LogP contribution is 2.09. The number of amides is 1. The van der Waals surface area contributed by atoms with Crippen molar-refractivity contribution in [1.29, 1.82) is 0 Å². The Hall–Kier alpha value is 0.430. The van der Waals surface area contributed by atoms with E-state index in [1.54, 1.807) is 0 Å². The fraction of sp³-hybridized carbons (Fsp3) is 0.875. The van der Waals surface area contributed by atoms with Crippen molar-refractivity contribution in [3.05, 3.63) is 0 Å². The lowest BCUT2D eigenvalue weighted by Gasteiger charge is -2.22. The number of alkyl halides is 2. The van der Waals surface area contributed by atoms with Gasteiger partial charge in [-0.15, -0.1) is 0 Å². The number of nitrogens with zero attached hydrogens (tertiary/aromatic N) is 1. The Kier molecular flexibility index (Phi) is 7.14. The Bertz CT molecular complexity index is 119. The van der Waals surface area contributed by atoms with Gasteiger partial charge in [-0.3, -0.25) is 4.79 Å². The Balaban J connectivity index is 4.12. The second-order valence-corrected chi connectivity index (χ2v) is 3.81. The summed E-state index contributed by atoms with van der Waals surface area (Å²) in [5, 5.41) is 1.46. The average molecular weight is 301 g/mol. The highest BCUT2D eigenvalue weighted by Gasteiger charge is 2.19. The van der Waals surface area contributed by atoms with Crippen LogP contribution in [0.15, 0.2) is 0 Å². The minimum atomic E-state index is 0.0740. The van der Waals surface area contributed by atoms with Gasteiger partial charge < -0.3 is 4.90 Å². The van der Waals surface area contributed by atoms with Crippen LogP contribution < -0.4 is 0 Å². The molecule has 4 heteroatoms. The van der Waals surface area contributed by atoms with Crippen LogP contribution in [-0.2, 0) is 4.79 Å². The second kappa shape index (κ2) is 6.89. The summed E-state index contributed by atoms with van der Waals surface area (Å²) in [5.74, 6) is 0.304. The number of hydrogen-bond acceptors (Lipinski definition) is 1. The number of rotatable bonds is 5. The first-order valence-electron chi connectivity index (χ1n) is 4.11. The monoisotopic (exact) mass is 299 g/mol. The predicted molar refractivity (Wildman–Crippen MR) is 59.0 cm³/mol. The van der Waals surface area contributed by atoms with Crippen molar-refractivity contribution < 1.29 is 4.79 Å². The SMILES string of the molecule is CCN(CC)C(=O)C(CBr)CBr. The van der Waals surface area contributed by atoms with Gasteiger partial charge in [-0.1, -0.05) is 31.9 Å². The van der Waals surface area contributed by atoms with E-state index in [4.69, 9.17) is 0 Å². The van der Waals surface area contributed by atoms with Gasteiger partial charge in [-0.2, -0.15) is 0 Å². The van der Waals surface area contributed by atoms with Crippen molar-refractivity contribution in [3.8, 4) is 0 Å². The molecule has 12 heavy (non-hydrogen) atoms. The number of carbonyl (C=O) groups is 1. The van der Waals surface area contributed by atoms with Gasteiger partial charge in [0.2, 0.25) is 5.91 Å². The molecule has 0 unspecified atom stereocenters. The van der Waals surface area contributed by atoms with Gasteiger partial charge in [0.05, 0.1) is 5.92 Å². The summed E-state index contributed by atoms with van der Waals surface area (Å²) in [6.07, 6.45) is 0. The van der Waals surface area contributed by atoms with Crippen LogP contribution in [0.5, 0.6) is 0 Å². The largest absolute Gasteiger partial charge is 0.343 e. The van der Waals surface area contributed by atoms with Gasteiger partial charge in [0, 0.05) is 23.7 Å². The zero-order chi connectivity index (χ0) is 9.56. The molecule has 0 saturated carbocycles. The summed E-state index contributed by atoms with van der Waals surface area (Å²) < 4.78 is 0. The molecule has 0 aromatic carbocycles. The smallest absolute Gasteiger partial charge is 0.227 e. The number of carbonyl (C=O) groups excluding carboxylic acids is 1. The first kappa shape index (κ1) is 12.4. The van der Waals surface area contributed by atoms with E-state index in [0.717, 1.165) is 23.7 Å². The molecule has 72 valence electrons. The van der Waals surface area contributed by atoms with E-state index in [9.17, 15) is 4.79 Å². The average Bonchev–Trinajstić information content (AvgIpc) is 2.09. The van der Waals surface area contributed by atoms with Crippen LogP contribution in [-0.4, -0.2) is 34.6 Å². The summed E-state index contributed by atoms with van der Waals surface area (Å²) in [4.78, 5) is 13.5. The molecule has 0 spiro atoms. The molecule has 0 aromatic heterocycles. The lowest BCUT2D eigenvalue weighted by atomic mass is 10.2. The van der Waals surface area contributed by atoms with E-state index in [1.165, 1.54) is 0 Å². The summed E-state index contributed by atoms with van der Waals surface area (Å²) in [5.41, 5.74) is 0. The van der Waals surface area contributed by atoms with Crippen LogP contribution in [0.2, 0.25) is 0 Å². The minimum Gasteiger partial charge on any atom is -0.343 e. The number of hydrogen-bond donors (Lipinski definition) is 0. The Morgan fingerprint density at radius 1 is 1.25 bits per heavy atom. The van der Waals surface area contributed by atoms with Crippen LogP contribution in [0.1, 0.15) is 13.8 Å². The van der Waals surface area contributed by atoms with E-state index in [0.29, 0.717) is 0 Å². The molecule has 0 radical (unpaired) electrons. The maximum absolute atomic E-state index is 11.6. The van der Waals surface area contributed by atoms with Gasteiger partial charge in [-0.25, -0.2) is 0 Å². The van der Waals surface area contributed by atoms with Crippen molar-refractivity contribution >= 4 is 37.8 Å². The maximum Gasteiger partial charge on any atom is 0.227 e. The number of halogens is 2. The quantitative estimate of drug-likeness (QED) is 0.713. The van der Waals surface area contributed by atoms with E-state index in [1.807, 2.05) is 18.7 Å². The van der Waals surface area contributed by atoms with Gasteiger partial charge in [-0.05, 0) is 13.8 Å². The van der Waals surface area contributed by atoms with Crippen molar-refractivity contribution in [1.82, 2.24) is 4.90 Å². The molecule has 0 saturated heterocycles. The summed E-state index contributed by atoms with van der Waals surface area (Å²) in [6, 6.07) is 0. The first-order valence-corrected chi connectivity index (χ1v) is 6.36. The summed E-state index contributed by atoms with van der Waals surface area (Å²) >= 11 is 6.65. The highest BCUT2D eigenvalue weighted by molar-refractivity contribution is 9.09. The Labute approximate surface area is 91.0 Å². The van der Waals surface area contributed by atoms with Gasteiger partial charge in [0.15, 0.2) is 0 Å². The minimum absolute atomic E-state index is 0.0740. The fourth-order valence-corrected chi connectivity index (χ4v) is 2.59. The van der Waals surface area contributed by atoms with Gasteiger partial charge in [0.1, 0.15) is 0 Å². The van der Waals surface area contributed by atoms with Crippen LogP contribution in [0.3, 0.4) is 0 Å². The molecule has 2 nitrogen and oxygen atoms in total. The van der Waals surface area contributed by atoms with Crippen LogP contribution in [0, 0.1) is 5.92 Å². The fourth-order valence-electron chi connectivity index (χ4n) is 0.967. The van der Waals surface area contributed by atoms with E-state index >= 15 is 0 Å². The van der Waals surface area contributed by atoms with Crippen LogP contribution >= 0.6 is 31.9 Å².